The van der Waals surface area contributed by atoms with Crippen molar-refractivity contribution in [3.8, 4) is 0 Å². The lowest BCUT2D eigenvalue weighted by Crippen LogP contribution is -2.17. The van der Waals surface area contributed by atoms with Gasteiger partial charge >= 0.3 is 5.97 Å². The number of carbonyl (C=O) groups is 3. The summed E-state index contributed by atoms with van der Waals surface area (Å²) in [4.78, 5) is 33.2. The molecule has 1 aromatic rings. The van der Waals surface area contributed by atoms with Crippen LogP contribution in [0.3, 0.4) is 0 Å². The molecule has 0 fully saturated rings. The van der Waals surface area contributed by atoms with Crippen LogP contribution in [0.5, 0.6) is 0 Å². The van der Waals surface area contributed by atoms with Crippen molar-refractivity contribution >= 4 is 23.5 Å². The number of hydroxylamine groups is 1. The van der Waals surface area contributed by atoms with Crippen LogP contribution in [0.4, 0.5) is 5.69 Å². The summed E-state index contributed by atoms with van der Waals surface area (Å²) < 4.78 is 0. The highest BCUT2D eigenvalue weighted by Gasteiger charge is 2.05. The average Bonchev–Trinajstić information content (AvgIpc) is 2.50. The number of aromatic carboxylic acids is 1. The number of rotatable bonds is 9. The zero-order chi connectivity index (χ0) is 16.4. The van der Waals surface area contributed by atoms with E-state index in [4.69, 9.17) is 10.3 Å². The Morgan fingerprint density at radius 1 is 0.864 bits per heavy atom. The molecule has 4 N–H and O–H groups in total. The van der Waals surface area contributed by atoms with Gasteiger partial charge in [-0.1, -0.05) is 12.8 Å². The third kappa shape index (κ3) is 6.85. The van der Waals surface area contributed by atoms with Crippen LogP contribution >= 0.6 is 0 Å². The molecule has 7 heteroatoms. The first-order valence-electron chi connectivity index (χ1n) is 7.09. The van der Waals surface area contributed by atoms with Gasteiger partial charge in [0.1, 0.15) is 0 Å². The second kappa shape index (κ2) is 9.51. The zero-order valence-electron chi connectivity index (χ0n) is 12.2. The van der Waals surface area contributed by atoms with E-state index in [0.29, 0.717) is 24.9 Å². The van der Waals surface area contributed by atoms with E-state index >= 15 is 0 Å². The molecule has 0 spiro atoms. The molecule has 0 aliphatic rings. The molecule has 0 radical (unpaired) electrons. The Labute approximate surface area is 128 Å². The summed E-state index contributed by atoms with van der Waals surface area (Å²) in [6, 6.07) is 5.97. The maximum Gasteiger partial charge on any atom is 0.335 e. The quantitative estimate of drug-likeness (QED) is 0.317. The fourth-order valence-electron chi connectivity index (χ4n) is 1.90. The van der Waals surface area contributed by atoms with E-state index in [1.807, 2.05) is 0 Å². The standard InChI is InChI=1S/C15H20N2O5/c18-13(5-3-1-2-4-6-14(19)17-22)16-12-9-7-11(8-10-12)15(20)21/h7-10,22H,1-6H2,(H,16,18)(H,17,19)(H,20,21). The Hall–Kier alpha value is -2.41. The number of nitrogens with one attached hydrogen (secondary N) is 2. The Balaban J connectivity index is 2.18. The summed E-state index contributed by atoms with van der Waals surface area (Å²) in [5.74, 6) is -1.54. The van der Waals surface area contributed by atoms with E-state index in [9.17, 15) is 14.4 Å². The number of hydrogen-bond donors (Lipinski definition) is 4. The first-order valence-corrected chi connectivity index (χ1v) is 7.09. The molecule has 0 aliphatic carbocycles. The molecule has 1 aromatic carbocycles. The van der Waals surface area contributed by atoms with Crippen molar-refractivity contribution < 1.29 is 24.7 Å². The van der Waals surface area contributed by atoms with Crippen LogP contribution in [-0.2, 0) is 9.59 Å². The van der Waals surface area contributed by atoms with E-state index in [1.165, 1.54) is 12.1 Å². The summed E-state index contributed by atoms with van der Waals surface area (Å²) in [5.41, 5.74) is 2.31. The summed E-state index contributed by atoms with van der Waals surface area (Å²) in [6.07, 6.45) is 3.66. The topological polar surface area (TPSA) is 116 Å². The molecule has 2 amide bonds. The van der Waals surface area contributed by atoms with Crippen molar-refractivity contribution in [1.82, 2.24) is 5.48 Å². The number of carboxylic acid groups (broad SMARTS) is 1. The first kappa shape index (κ1) is 17.6. The predicted octanol–water partition coefficient (Wildman–Crippen LogP) is 2.17. The van der Waals surface area contributed by atoms with Crippen molar-refractivity contribution in [2.24, 2.45) is 0 Å². The van der Waals surface area contributed by atoms with Crippen LogP contribution < -0.4 is 10.8 Å². The highest BCUT2D eigenvalue weighted by atomic mass is 16.5. The van der Waals surface area contributed by atoms with Gasteiger partial charge in [0.25, 0.3) is 0 Å². The van der Waals surface area contributed by atoms with E-state index in [1.54, 1.807) is 17.6 Å². The summed E-state index contributed by atoms with van der Waals surface area (Å²) in [7, 11) is 0. The molecular weight excluding hydrogens is 288 g/mol. The van der Waals surface area contributed by atoms with Crippen molar-refractivity contribution in [1.29, 1.82) is 0 Å². The number of carbonyl (C=O) groups excluding carboxylic acids is 2. The van der Waals surface area contributed by atoms with Crippen LogP contribution in [-0.4, -0.2) is 28.1 Å². The van der Waals surface area contributed by atoms with Gasteiger partial charge in [-0.25, -0.2) is 10.3 Å². The second-order valence-corrected chi connectivity index (χ2v) is 4.88. The molecule has 0 saturated heterocycles. The molecule has 7 nitrogen and oxygen atoms in total. The molecule has 0 unspecified atom stereocenters. The third-order valence-corrected chi connectivity index (χ3v) is 3.10. The van der Waals surface area contributed by atoms with Gasteiger partial charge in [-0.15, -0.1) is 0 Å². The number of anilines is 1. The molecule has 0 aromatic heterocycles. The van der Waals surface area contributed by atoms with Gasteiger partial charge in [0.05, 0.1) is 5.56 Å². The summed E-state index contributed by atoms with van der Waals surface area (Å²) >= 11 is 0. The van der Waals surface area contributed by atoms with Gasteiger partial charge in [-0.3, -0.25) is 14.8 Å². The van der Waals surface area contributed by atoms with Crippen LogP contribution in [0.2, 0.25) is 0 Å². The number of hydrogen-bond acceptors (Lipinski definition) is 4. The van der Waals surface area contributed by atoms with E-state index in [2.05, 4.69) is 5.32 Å². The summed E-state index contributed by atoms with van der Waals surface area (Å²) in [5, 5.41) is 19.8. The third-order valence-electron chi connectivity index (χ3n) is 3.10. The van der Waals surface area contributed by atoms with E-state index in [-0.39, 0.29) is 17.9 Å². The molecule has 0 atom stereocenters. The molecule has 0 saturated carbocycles. The number of unbranched alkanes of at least 4 members (excludes halogenated alkanes) is 3. The predicted molar refractivity (Wildman–Crippen MR) is 79.7 cm³/mol. The Kier molecular flexibility index (Phi) is 7.63. The second-order valence-electron chi connectivity index (χ2n) is 4.88. The fraction of sp³-hybridized carbons (Fsp3) is 0.400. The zero-order valence-corrected chi connectivity index (χ0v) is 12.2. The van der Waals surface area contributed by atoms with Crippen molar-refractivity contribution in [2.75, 3.05) is 5.32 Å². The van der Waals surface area contributed by atoms with Crippen LogP contribution in [0.15, 0.2) is 24.3 Å². The summed E-state index contributed by atoms with van der Waals surface area (Å²) in [6.45, 7) is 0. The van der Waals surface area contributed by atoms with E-state index < -0.39 is 11.9 Å². The van der Waals surface area contributed by atoms with Crippen molar-refractivity contribution in [3.63, 3.8) is 0 Å². The highest BCUT2D eigenvalue weighted by Crippen LogP contribution is 2.11. The minimum atomic E-state index is -1.01. The Morgan fingerprint density at radius 3 is 1.91 bits per heavy atom. The maximum atomic E-state index is 11.7. The minimum Gasteiger partial charge on any atom is -0.478 e. The van der Waals surface area contributed by atoms with Crippen LogP contribution in [0, 0.1) is 0 Å². The number of benzene rings is 1. The smallest absolute Gasteiger partial charge is 0.335 e. The first-order chi connectivity index (χ1) is 10.5. The lowest BCUT2D eigenvalue weighted by molar-refractivity contribution is -0.129. The van der Waals surface area contributed by atoms with Crippen LogP contribution in [0.1, 0.15) is 48.9 Å². The minimum absolute atomic E-state index is 0.129. The van der Waals surface area contributed by atoms with Crippen LogP contribution in [0.25, 0.3) is 0 Å². The highest BCUT2D eigenvalue weighted by molar-refractivity contribution is 5.92. The number of carboxylic acids is 1. The van der Waals surface area contributed by atoms with Gasteiger partial charge in [0.15, 0.2) is 0 Å². The van der Waals surface area contributed by atoms with Gasteiger partial charge in [0.2, 0.25) is 11.8 Å². The Morgan fingerprint density at radius 2 is 1.41 bits per heavy atom. The van der Waals surface area contributed by atoms with Gasteiger partial charge in [-0.2, -0.15) is 0 Å². The fourth-order valence-corrected chi connectivity index (χ4v) is 1.90. The molecule has 120 valence electrons. The SMILES string of the molecule is O=C(CCCCCCC(=O)Nc1ccc(C(=O)O)cc1)NO. The molecule has 0 bridgehead atoms. The number of amides is 2. The monoisotopic (exact) mass is 308 g/mol. The van der Waals surface area contributed by atoms with Gasteiger partial charge < -0.3 is 10.4 Å². The molecule has 0 aliphatic heterocycles. The lowest BCUT2D eigenvalue weighted by atomic mass is 10.1. The molecule has 1 rings (SSSR count). The lowest BCUT2D eigenvalue weighted by Gasteiger charge is -2.05. The van der Waals surface area contributed by atoms with Gasteiger partial charge in [0, 0.05) is 18.5 Å². The maximum absolute atomic E-state index is 11.7. The average molecular weight is 308 g/mol. The normalized spacial score (nSPS) is 10.0. The molecular formula is C15H20N2O5. The van der Waals surface area contributed by atoms with Crippen molar-refractivity contribution in [2.45, 2.75) is 38.5 Å². The van der Waals surface area contributed by atoms with E-state index in [0.717, 1.165) is 12.8 Å². The van der Waals surface area contributed by atoms with Crippen molar-refractivity contribution in [3.05, 3.63) is 29.8 Å². The molecule has 0 heterocycles. The Bertz CT molecular complexity index is 513. The largest absolute Gasteiger partial charge is 0.478 e. The van der Waals surface area contributed by atoms with Gasteiger partial charge in [-0.05, 0) is 37.1 Å². The molecule has 22 heavy (non-hydrogen) atoms.